The van der Waals surface area contributed by atoms with Gasteiger partial charge in [0.2, 0.25) is 11.8 Å². The predicted molar refractivity (Wildman–Crippen MR) is 105 cm³/mol. The minimum atomic E-state index is -0.155. The van der Waals surface area contributed by atoms with Crippen LogP contribution in [-0.2, 0) is 16.1 Å². The Morgan fingerprint density at radius 2 is 1.92 bits per heavy atom. The van der Waals surface area contributed by atoms with Gasteiger partial charge in [-0.3, -0.25) is 14.0 Å². The molecule has 134 valence electrons. The van der Waals surface area contributed by atoms with Crippen LogP contribution in [0.2, 0.25) is 0 Å². The van der Waals surface area contributed by atoms with Gasteiger partial charge in [-0.1, -0.05) is 28.1 Å². The second-order valence-electron chi connectivity index (χ2n) is 5.37. The quantitative estimate of drug-likeness (QED) is 0.597. The number of anilines is 1. The Labute approximate surface area is 162 Å². The molecule has 0 saturated carbocycles. The number of hydrogen-bond acceptors (Lipinski definition) is 5. The Morgan fingerprint density at radius 1 is 1.08 bits per heavy atom. The second-order valence-corrected chi connectivity index (χ2v) is 7.27. The number of amides is 2. The monoisotopic (exact) mass is 433 g/mol. The number of thioether (sulfide) groups is 1. The van der Waals surface area contributed by atoms with Gasteiger partial charge in [0.1, 0.15) is 0 Å². The summed E-state index contributed by atoms with van der Waals surface area (Å²) in [4.78, 5) is 23.8. The van der Waals surface area contributed by atoms with Crippen LogP contribution in [0.3, 0.4) is 0 Å². The number of pyridine rings is 1. The number of nitrogens with one attached hydrogen (secondary N) is 2. The van der Waals surface area contributed by atoms with Gasteiger partial charge in [-0.05, 0) is 30.3 Å². The van der Waals surface area contributed by atoms with E-state index in [1.165, 1.54) is 11.8 Å². The maximum atomic E-state index is 11.9. The van der Waals surface area contributed by atoms with Gasteiger partial charge in [-0.15, -0.1) is 22.0 Å². The molecule has 2 N–H and O–H groups in total. The predicted octanol–water partition coefficient (Wildman–Crippen LogP) is 2.48. The van der Waals surface area contributed by atoms with E-state index < -0.39 is 0 Å². The SMILES string of the molecule is O=C(CSCC(=O)Nc1cccc(Br)c1)NCc1nnc2ccccn12. The van der Waals surface area contributed by atoms with E-state index in [2.05, 4.69) is 36.8 Å². The molecule has 7 nitrogen and oxygen atoms in total. The first-order chi connectivity index (χ1) is 12.6. The van der Waals surface area contributed by atoms with Gasteiger partial charge in [-0.25, -0.2) is 0 Å². The highest BCUT2D eigenvalue weighted by molar-refractivity contribution is 9.10. The third-order valence-electron chi connectivity index (χ3n) is 3.40. The number of fused-ring (bicyclic) bond motifs is 1. The van der Waals surface area contributed by atoms with E-state index in [1.807, 2.05) is 53.1 Å². The second kappa shape index (κ2) is 8.81. The largest absolute Gasteiger partial charge is 0.348 e. The topological polar surface area (TPSA) is 88.4 Å². The van der Waals surface area contributed by atoms with Gasteiger partial charge in [0.15, 0.2) is 11.5 Å². The first kappa shape index (κ1) is 18.4. The van der Waals surface area contributed by atoms with E-state index >= 15 is 0 Å². The molecule has 0 atom stereocenters. The molecule has 0 radical (unpaired) electrons. The molecule has 0 aliphatic heterocycles. The molecule has 0 saturated heterocycles. The Kier molecular flexibility index (Phi) is 6.24. The standard InChI is InChI=1S/C17H16BrN5O2S/c18-12-4-3-5-13(8-12)20-17(25)11-26-10-16(24)19-9-15-22-21-14-6-1-2-7-23(14)15/h1-8H,9-11H2,(H,19,24)(H,20,25). The number of aromatic nitrogens is 3. The number of carbonyl (C=O) groups is 2. The van der Waals surface area contributed by atoms with E-state index in [1.54, 1.807) is 0 Å². The molecule has 0 bridgehead atoms. The minimum Gasteiger partial charge on any atom is -0.348 e. The van der Waals surface area contributed by atoms with Crippen LogP contribution in [0.25, 0.3) is 5.65 Å². The van der Waals surface area contributed by atoms with Crippen LogP contribution in [-0.4, -0.2) is 37.9 Å². The normalized spacial score (nSPS) is 10.7. The van der Waals surface area contributed by atoms with E-state index in [-0.39, 0.29) is 29.9 Å². The number of nitrogens with zero attached hydrogens (tertiary/aromatic N) is 3. The van der Waals surface area contributed by atoms with Crippen molar-refractivity contribution in [1.29, 1.82) is 0 Å². The molecule has 0 aliphatic rings. The average Bonchev–Trinajstić information content (AvgIpc) is 3.03. The molecule has 2 heterocycles. The molecule has 0 spiro atoms. The van der Waals surface area contributed by atoms with Crippen molar-refractivity contribution < 1.29 is 9.59 Å². The molecule has 2 amide bonds. The molecular weight excluding hydrogens is 418 g/mol. The van der Waals surface area contributed by atoms with E-state index in [0.29, 0.717) is 11.5 Å². The van der Waals surface area contributed by atoms with Crippen LogP contribution in [0.5, 0.6) is 0 Å². The fraction of sp³-hybridized carbons (Fsp3) is 0.176. The molecule has 0 aliphatic carbocycles. The zero-order valence-electron chi connectivity index (χ0n) is 13.7. The van der Waals surface area contributed by atoms with Crippen molar-refractivity contribution in [3.05, 3.63) is 59.0 Å². The van der Waals surface area contributed by atoms with E-state index in [9.17, 15) is 9.59 Å². The lowest BCUT2D eigenvalue weighted by atomic mass is 10.3. The zero-order valence-corrected chi connectivity index (χ0v) is 16.1. The fourth-order valence-electron chi connectivity index (χ4n) is 2.24. The van der Waals surface area contributed by atoms with Crippen molar-refractivity contribution in [1.82, 2.24) is 19.9 Å². The Hall–Kier alpha value is -2.39. The van der Waals surface area contributed by atoms with Crippen LogP contribution in [0.15, 0.2) is 53.1 Å². The average molecular weight is 434 g/mol. The summed E-state index contributed by atoms with van der Waals surface area (Å²) < 4.78 is 2.71. The number of benzene rings is 1. The van der Waals surface area contributed by atoms with Crippen molar-refractivity contribution in [2.45, 2.75) is 6.54 Å². The van der Waals surface area contributed by atoms with Crippen LogP contribution < -0.4 is 10.6 Å². The lowest BCUT2D eigenvalue weighted by Gasteiger charge is -2.06. The van der Waals surface area contributed by atoms with Gasteiger partial charge in [0, 0.05) is 16.4 Å². The summed E-state index contributed by atoms with van der Waals surface area (Å²) in [6.45, 7) is 0.287. The van der Waals surface area contributed by atoms with Gasteiger partial charge in [0.05, 0.1) is 18.1 Å². The van der Waals surface area contributed by atoms with Gasteiger partial charge in [0.25, 0.3) is 0 Å². The molecule has 3 rings (SSSR count). The van der Waals surface area contributed by atoms with Gasteiger partial charge in [-0.2, -0.15) is 0 Å². The minimum absolute atomic E-state index is 0.149. The molecule has 0 unspecified atom stereocenters. The summed E-state index contributed by atoms with van der Waals surface area (Å²) in [6.07, 6.45) is 1.85. The number of hydrogen-bond donors (Lipinski definition) is 2. The maximum Gasteiger partial charge on any atom is 0.234 e. The van der Waals surface area contributed by atoms with Crippen LogP contribution in [0.1, 0.15) is 5.82 Å². The summed E-state index contributed by atoms with van der Waals surface area (Å²) in [5, 5.41) is 13.7. The number of halogens is 1. The summed E-state index contributed by atoms with van der Waals surface area (Å²) in [5.74, 6) is 0.754. The Morgan fingerprint density at radius 3 is 2.77 bits per heavy atom. The van der Waals surface area contributed by atoms with Crippen molar-refractivity contribution >= 4 is 50.8 Å². The summed E-state index contributed by atoms with van der Waals surface area (Å²) in [7, 11) is 0. The molecule has 3 aromatic rings. The molecular formula is C17H16BrN5O2S. The van der Waals surface area contributed by atoms with Crippen molar-refractivity contribution in [3.8, 4) is 0 Å². The number of carbonyl (C=O) groups excluding carboxylic acids is 2. The highest BCUT2D eigenvalue weighted by Gasteiger charge is 2.09. The van der Waals surface area contributed by atoms with Crippen LogP contribution >= 0.6 is 27.7 Å². The van der Waals surface area contributed by atoms with E-state index in [0.717, 1.165) is 10.1 Å². The first-order valence-corrected chi connectivity index (χ1v) is 9.75. The first-order valence-electron chi connectivity index (χ1n) is 7.80. The van der Waals surface area contributed by atoms with Crippen molar-refractivity contribution in [3.63, 3.8) is 0 Å². The van der Waals surface area contributed by atoms with E-state index in [4.69, 9.17) is 0 Å². The molecule has 1 aromatic carbocycles. The third-order valence-corrected chi connectivity index (χ3v) is 4.83. The molecule has 2 aromatic heterocycles. The smallest absolute Gasteiger partial charge is 0.234 e. The fourth-order valence-corrected chi connectivity index (χ4v) is 3.29. The summed E-state index contributed by atoms with van der Waals surface area (Å²) in [6, 6.07) is 12.9. The lowest BCUT2D eigenvalue weighted by molar-refractivity contribution is -0.118. The molecule has 26 heavy (non-hydrogen) atoms. The van der Waals surface area contributed by atoms with Crippen LogP contribution in [0.4, 0.5) is 5.69 Å². The summed E-state index contributed by atoms with van der Waals surface area (Å²) >= 11 is 4.61. The number of rotatable bonds is 7. The third kappa shape index (κ3) is 5.06. The Bertz CT molecular complexity index is 930. The molecule has 9 heteroatoms. The Balaban J connectivity index is 1.39. The van der Waals surface area contributed by atoms with Gasteiger partial charge >= 0.3 is 0 Å². The van der Waals surface area contributed by atoms with Crippen LogP contribution in [0, 0.1) is 0 Å². The maximum absolute atomic E-state index is 11.9. The van der Waals surface area contributed by atoms with Crippen molar-refractivity contribution in [2.75, 3.05) is 16.8 Å². The summed E-state index contributed by atoms with van der Waals surface area (Å²) in [5.41, 5.74) is 1.45. The highest BCUT2D eigenvalue weighted by Crippen LogP contribution is 2.16. The zero-order chi connectivity index (χ0) is 18.4. The lowest BCUT2D eigenvalue weighted by Crippen LogP contribution is -2.26. The molecule has 0 fully saturated rings. The highest BCUT2D eigenvalue weighted by atomic mass is 79.9. The van der Waals surface area contributed by atoms with Gasteiger partial charge < -0.3 is 10.6 Å². The van der Waals surface area contributed by atoms with Crippen molar-refractivity contribution in [2.24, 2.45) is 0 Å².